The molecule has 1 fully saturated rings. The van der Waals surface area contributed by atoms with Crippen molar-refractivity contribution < 1.29 is 33.8 Å². The van der Waals surface area contributed by atoms with Crippen molar-refractivity contribution in [1.29, 1.82) is 5.41 Å². The van der Waals surface area contributed by atoms with Crippen LogP contribution in [0.1, 0.15) is 77.9 Å². The summed E-state index contributed by atoms with van der Waals surface area (Å²) in [5, 5.41) is 20.7. The highest BCUT2D eigenvalue weighted by molar-refractivity contribution is 6.07. The number of Topliss-reactive ketones (excluding diaryl/α,β-unsaturated/α-hetero) is 1. The van der Waals surface area contributed by atoms with E-state index in [-0.39, 0.29) is 29.8 Å². The molecule has 11 heteroatoms. The number of carbonyl (C=O) groups is 4. The zero-order valence-electron chi connectivity index (χ0n) is 24.0. The predicted molar refractivity (Wildman–Crippen MR) is 151 cm³/mol. The average Bonchev–Trinajstić information content (AvgIpc) is 3.53. The summed E-state index contributed by atoms with van der Waals surface area (Å²) in [7, 11) is 1.53. The van der Waals surface area contributed by atoms with Crippen molar-refractivity contribution in [2.45, 2.75) is 58.5 Å². The van der Waals surface area contributed by atoms with Crippen LogP contribution in [-0.4, -0.2) is 77.3 Å². The summed E-state index contributed by atoms with van der Waals surface area (Å²) >= 11 is 0. The van der Waals surface area contributed by atoms with E-state index in [1.165, 1.54) is 11.9 Å². The molecule has 0 spiro atoms. The van der Waals surface area contributed by atoms with Gasteiger partial charge >= 0.3 is 12.1 Å². The molecule has 2 aliphatic heterocycles. The van der Waals surface area contributed by atoms with Gasteiger partial charge in [-0.2, -0.15) is 0 Å². The number of nitrogens with zero attached hydrogens (tertiary/aromatic N) is 2. The second kappa shape index (κ2) is 11.6. The summed E-state index contributed by atoms with van der Waals surface area (Å²) in [5.41, 5.74) is 2.21. The Bertz CT molecular complexity index is 1410. The molecule has 2 amide bonds. The summed E-state index contributed by atoms with van der Waals surface area (Å²) in [6, 6.07) is 7.28. The highest BCUT2D eigenvalue weighted by Crippen LogP contribution is 2.34. The second-order valence-electron chi connectivity index (χ2n) is 11.2. The van der Waals surface area contributed by atoms with E-state index in [1.54, 1.807) is 35.2 Å². The lowest BCUT2D eigenvalue weighted by atomic mass is 9.85. The maximum Gasteiger partial charge on any atom is 0.415 e. The lowest BCUT2D eigenvalue weighted by Crippen LogP contribution is -2.42. The largest absolute Gasteiger partial charge is 0.493 e. The molecule has 2 heterocycles. The minimum atomic E-state index is -1.06. The molecule has 3 N–H and O–H groups in total. The molecule has 0 aliphatic carbocycles. The van der Waals surface area contributed by atoms with Gasteiger partial charge in [0.25, 0.3) is 5.91 Å². The first-order chi connectivity index (χ1) is 19.3. The molecule has 218 valence electrons. The Morgan fingerprint density at radius 2 is 1.85 bits per heavy atom. The quantitative estimate of drug-likeness (QED) is 0.410. The summed E-state index contributed by atoms with van der Waals surface area (Å²) in [6.07, 6.45) is 0.228. The van der Waals surface area contributed by atoms with Gasteiger partial charge in [-0.1, -0.05) is 20.8 Å². The van der Waals surface area contributed by atoms with Gasteiger partial charge in [0.2, 0.25) is 0 Å². The first-order valence-electron chi connectivity index (χ1n) is 13.6. The number of hydrogen-bond acceptors (Lipinski definition) is 7. The second-order valence-corrected chi connectivity index (χ2v) is 11.2. The fourth-order valence-electron chi connectivity index (χ4n) is 5.19. The van der Waals surface area contributed by atoms with Crippen LogP contribution in [0.3, 0.4) is 0 Å². The third kappa shape index (κ3) is 6.03. The van der Waals surface area contributed by atoms with Crippen LogP contribution in [-0.2, 0) is 16.8 Å². The summed E-state index contributed by atoms with van der Waals surface area (Å²) in [4.78, 5) is 53.1. The van der Waals surface area contributed by atoms with Gasteiger partial charge in [-0.05, 0) is 61.1 Å². The lowest BCUT2D eigenvalue weighted by Gasteiger charge is -2.26. The number of ether oxygens (including phenoxy) is 2. The van der Waals surface area contributed by atoms with Gasteiger partial charge < -0.3 is 24.8 Å². The normalized spacial score (nSPS) is 16.4. The van der Waals surface area contributed by atoms with E-state index < -0.39 is 23.5 Å². The Balaban J connectivity index is 1.54. The molecular weight excluding hydrogens is 528 g/mol. The number of aliphatic carboxylic acids is 1. The van der Waals surface area contributed by atoms with Crippen LogP contribution in [0.25, 0.3) is 0 Å². The Hall–Kier alpha value is -4.41. The third-order valence-corrected chi connectivity index (χ3v) is 7.32. The molecule has 4 rings (SSSR count). The van der Waals surface area contributed by atoms with Crippen LogP contribution < -0.4 is 14.8 Å². The van der Waals surface area contributed by atoms with Crippen molar-refractivity contribution >= 4 is 29.6 Å². The molecule has 1 unspecified atom stereocenters. The van der Waals surface area contributed by atoms with E-state index in [4.69, 9.17) is 14.9 Å². The monoisotopic (exact) mass is 564 g/mol. The van der Waals surface area contributed by atoms with Gasteiger partial charge in [0.1, 0.15) is 23.4 Å². The van der Waals surface area contributed by atoms with Crippen molar-refractivity contribution in [2.24, 2.45) is 0 Å². The molecule has 0 radical (unpaired) electrons. The number of ketones is 1. The first-order valence-corrected chi connectivity index (χ1v) is 13.6. The van der Waals surface area contributed by atoms with E-state index in [1.807, 2.05) is 27.7 Å². The fraction of sp³-hybridized carbons (Fsp3) is 0.433. The first kappa shape index (κ1) is 29.6. The Labute approximate surface area is 238 Å². The topological polar surface area (TPSA) is 149 Å². The van der Waals surface area contributed by atoms with E-state index in [2.05, 4.69) is 5.32 Å². The van der Waals surface area contributed by atoms with Gasteiger partial charge in [-0.25, -0.2) is 9.59 Å². The number of likely N-dealkylation sites (tertiary alicyclic amines) is 1. The maximum atomic E-state index is 13.4. The minimum absolute atomic E-state index is 0.0659. The van der Waals surface area contributed by atoms with Gasteiger partial charge in [0, 0.05) is 36.8 Å². The van der Waals surface area contributed by atoms with Crippen molar-refractivity contribution in [2.75, 3.05) is 26.7 Å². The number of rotatable bonds is 8. The van der Waals surface area contributed by atoms with Crippen molar-refractivity contribution in [3.05, 3.63) is 58.1 Å². The molecule has 2 aromatic carbocycles. The molecule has 0 saturated carbocycles. The average molecular weight is 565 g/mol. The lowest BCUT2D eigenvalue weighted by molar-refractivity contribution is -0.141. The van der Waals surface area contributed by atoms with Crippen LogP contribution in [0.15, 0.2) is 30.3 Å². The maximum absolute atomic E-state index is 13.4. The predicted octanol–water partition coefficient (Wildman–Crippen LogP) is 3.81. The number of fused-ring (bicyclic) bond motifs is 1. The summed E-state index contributed by atoms with van der Waals surface area (Å²) in [5.74, 6) is -0.784. The van der Waals surface area contributed by atoms with Crippen LogP contribution in [0, 0.1) is 5.41 Å². The van der Waals surface area contributed by atoms with Crippen LogP contribution in [0.2, 0.25) is 0 Å². The third-order valence-electron chi connectivity index (χ3n) is 7.32. The summed E-state index contributed by atoms with van der Waals surface area (Å²) < 4.78 is 11.3. The molecule has 0 bridgehead atoms. The van der Waals surface area contributed by atoms with Crippen LogP contribution in [0.4, 0.5) is 4.79 Å². The van der Waals surface area contributed by atoms with Crippen LogP contribution >= 0.6 is 0 Å². The van der Waals surface area contributed by atoms with Crippen molar-refractivity contribution in [1.82, 2.24) is 15.1 Å². The molecule has 1 atom stereocenters. The number of amidine groups is 1. The molecule has 11 nitrogen and oxygen atoms in total. The molecule has 2 aromatic rings. The van der Waals surface area contributed by atoms with E-state index in [0.29, 0.717) is 60.5 Å². The van der Waals surface area contributed by atoms with Gasteiger partial charge in [0.15, 0.2) is 5.78 Å². The highest BCUT2D eigenvalue weighted by Gasteiger charge is 2.36. The smallest absolute Gasteiger partial charge is 0.415 e. The molecule has 1 saturated heterocycles. The number of hydrogen-bond donors (Lipinski definition) is 3. The SMILES string of the molecule is CCOc1cc2c(cc1C(=O)NC)C(=N)N(CC(=O)c1ccc(OC(=O)N3CCCC3C(=O)O)c(C(C)(C)C)c1)C2. The summed E-state index contributed by atoms with van der Waals surface area (Å²) in [6.45, 7) is 8.54. The standard InChI is InChI=1S/C30H36N4O7/c1-6-40-25-13-18-15-33(26(31)19(18)14-20(25)27(36)32-5)16-23(35)17-9-10-24(21(12-17)30(2,3)4)41-29(39)34-11-7-8-22(34)28(37)38/h9-10,12-14,22,31H,6-8,11,15-16H2,1-5H3,(H,32,36)(H,37,38). The molecule has 2 aliphatic rings. The Morgan fingerprint density at radius 1 is 1.12 bits per heavy atom. The van der Waals surface area contributed by atoms with Gasteiger partial charge in [0.05, 0.1) is 18.7 Å². The van der Waals surface area contributed by atoms with Crippen molar-refractivity contribution in [3.63, 3.8) is 0 Å². The Morgan fingerprint density at radius 3 is 2.49 bits per heavy atom. The number of carbonyl (C=O) groups excluding carboxylic acids is 3. The number of carboxylic acids is 1. The number of benzene rings is 2. The number of carboxylic acid groups (broad SMARTS) is 1. The van der Waals surface area contributed by atoms with E-state index >= 15 is 0 Å². The highest BCUT2D eigenvalue weighted by atomic mass is 16.6. The Kier molecular flexibility index (Phi) is 8.37. The van der Waals surface area contributed by atoms with Gasteiger partial charge in [-0.3, -0.25) is 19.9 Å². The number of amides is 2. The molecule has 41 heavy (non-hydrogen) atoms. The number of nitrogens with one attached hydrogen (secondary N) is 2. The zero-order valence-corrected chi connectivity index (χ0v) is 24.0. The molecule has 0 aromatic heterocycles. The van der Waals surface area contributed by atoms with Crippen LogP contribution in [0.5, 0.6) is 11.5 Å². The van der Waals surface area contributed by atoms with Crippen molar-refractivity contribution in [3.8, 4) is 11.5 Å². The molecular formula is C30H36N4O7. The van der Waals surface area contributed by atoms with E-state index in [9.17, 15) is 24.3 Å². The zero-order chi connectivity index (χ0) is 30.1. The minimum Gasteiger partial charge on any atom is -0.493 e. The van der Waals surface area contributed by atoms with Gasteiger partial charge in [-0.15, -0.1) is 0 Å². The fourth-order valence-corrected chi connectivity index (χ4v) is 5.19. The van der Waals surface area contributed by atoms with E-state index in [0.717, 1.165) is 5.56 Å².